The standard InChI is InChI=1S/C20H26N4O/c1-24(14-16-9-5-4-6-10-16)19-13-18(21-15-22-19)20(25)23-17-11-7-2-3-8-12-17/h4-6,9-10,13,15,17H,2-3,7-8,11-12,14H2,1H3,(H,23,25). The lowest BCUT2D eigenvalue weighted by Crippen LogP contribution is -2.35. The van der Waals surface area contributed by atoms with Gasteiger partial charge in [0.1, 0.15) is 17.8 Å². The molecule has 1 aliphatic rings. The molecule has 2 aromatic rings. The lowest BCUT2D eigenvalue weighted by molar-refractivity contribution is 0.0928. The van der Waals surface area contributed by atoms with Crippen LogP contribution in [0.3, 0.4) is 0 Å². The van der Waals surface area contributed by atoms with E-state index in [1.165, 1.54) is 37.6 Å². The molecule has 0 aliphatic heterocycles. The summed E-state index contributed by atoms with van der Waals surface area (Å²) in [6.45, 7) is 0.738. The maximum atomic E-state index is 12.5. The third-order valence-electron chi connectivity index (χ3n) is 4.73. The van der Waals surface area contributed by atoms with E-state index in [1.807, 2.05) is 30.1 Å². The molecule has 0 saturated heterocycles. The molecule has 0 atom stereocenters. The molecule has 0 bridgehead atoms. The van der Waals surface area contributed by atoms with Gasteiger partial charge in [0.15, 0.2) is 0 Å². The van der Waals surface area contributed by atoms with Crippen molar-refractivity contribution in [3.8, 4) is 0 Å². The molecule has 0 radical (unpaired) electrons. The predicted octanol–water partition coefficient (Wildman–Crippen LogP) is 3.57. The highest BCUT2D eigenvalue weighted by Crippen LogP contribution is 2.18. The predicted molar refractivity (Wildman–Crippen MR) is 99.5 cm³/mol. The van der Waals surface area contributed by atoms with E-state index in [0.717, 1.165) is 25.2 Å². The highest BCUT2D eigenvalue weighted by molar-refractivity contribution is 5.93. The molecular formula is C20H26N4O. The normalized spacial score (nSPS) is 15.4. The van der Waals surface area contributed by atoms with Gasteiger partial charge in [-0.25, -0.2) is 9.97 Å². The largest absolute Gasteiger partial charge is 0.355 e. The van der Waals surface area contributed by atoms with E-state index >= 15 is 0 Å². The Kier molecular flexibility index (Phi) is 5.99. The number of hydrogen-bond acceptors (Lipinski definition) is 4. The maximum Gasteiger partial charge on any atom is 0.270 e. The van der Waals surface area contributed by atoms with Crippen molar-refractivity contribution < 1.29 is 4.79 Å². The molecule has 1 aliphatic carbocycles. The number of nitrogens with one attached hydrogen (secondary N) is 1. The van der Waals surface area contributed by atoms with Crippen LogP contribution in [0.2, 0.25) is 0 Å². The van der Waals surface area contributed by atoms with Crippen LogP contribution in [-0.4, -0.2) is 29.0 Å². The van der Waals surface area contributed by atoms with Crippen molar-refractivity contribution in [2.75, 3.05) is 11.9 Å². The SMILES string of the molecule is CN(Cc1ccccc1)c1cc(C(=O)NC2CCCCCC2)ncn1. The van der Waals surface area contributed by atoms with Crippen LogP contribution in [0.4, 0.5) is 5.82 Å². The van der Waals surface area contributed by atoms with Gasteiger partial charge < -0.3 is 10.2 Å². The summed E-state index contributed by atoms with van der Waals surface area (Å²) in [7, 11) is 1.97. The molecule has 132 valence electrons. The van der Waals surface area contributed by atoms with Crippen molar-refractivity contribution in [3.63, 3.8) is 0 Å². The summed E-state index contributed by atoms with van der Waals surface area (Å²) in [4.78, 5) is 23.0. The van der Waals surface area contributed by atoms with E-state index in [4.69, 9.17) is 0 Å². The fraction of sp³-hybridized carbons (Fsp3) is 0.450. The molecule has 25 heavy (non-hydrogen) atoms. The zero-order valence-electron chi connectivity index (χ0n) is 14.8. The van der Waals surface area contributed by atoms with Gasteiger partial charge in [-0.1, -0.05) is 56.0 Å². The number of amides is 1. The Morgan fingerprint density at radius 2 is 1.84 bits per heavy atom. The minimum Gasteiger partial charge on any atom is -0.355 e. The van der Waals surface area contributed by atoms with Crippen LogP contribution in [0.25, 0.3) is 0 Å². The van der Waals surface area contributed by atoms with Crippen LogP contribution < -0.4 is 10.2 Å². The van der Waals surface area contributed by atoms with Crippen LogP contribution in [0.1, 0.15) is 54.6 Å². The Morgan fingerprint density at radius 3 is 2.56 bits per heavy atom. The summed E-state index contributed by atoms with van der Waals surface area (Å²) >= 11 is 0. The quantitative estimate of drug-likeness (QED) is 0.847. The van der Waals surface area contributed by atoms with Crippen LogP contribution in [0.15, 0.2) is 42.7 Å². The smallest absolute Gasteiger partial charge is 0.270 e. The van der Waals surface area contributed by atoms with Gasteiger partial charge in [-0.15, -0.1) is 0 Å². The number of anilines is 1. The molecule has 1 aromatic carbocycles. The highest BCUT2D eigenvalue weighted by atomic mass is 16.1. The molecule has 0 spiro atoms. The van der Waals surface area contributed by atoms with Gasteiger partial charge in [-0.2, -0.15) is 0 Å². The van der Waals surface area contributed by atoms with Crippen LogP contribution in [0, 0.1) is 0 Å². The van der Waals surface area contributed by atoms with Crippen molar-refractivity contribution >= 4 is 11.7 Å². The summed E-state index contributed by atoms with van der Waals surface area (Å²) in [5, 5.41) is 3.14. The lowest BCUT2D eigenvalue weighted by atomic mass is 10.1. The van der Waals surface area contributed by atoms with Gasteiger partial charge in [0.05, 0.1) is 0 Å². The van der Waals surface area contributed by atoms with E-state index in [2.05, 4.69) is 27.4 Å². The monoisotopic (exact) mass is 338 g/mol. The Hall–Kier alpha value is -2.43. The fourth-order valence-electron chi connectivity index (χ4n) is 3.30. The third kappa shape index (κ3) is 5.02. The highest BCUT2D eigenvalue weighted by Gasteiger charge is 2.17. The van der Waals surface area contributed by atoms with Gasteiger partial charge in [0.25, 0.3) is 5.91 Å². The first kappa shape index (κ1) is 17.4. The molecule has 5 heteroatoms. The lowest BCUT2D eigenvalue weighted by Gasteiger charge is -2.19. The van der Waals surface area contributed by atoms with E-state index in [1.54, 1.807) is 6.07 Å². The minimum atomic E-state index is -0.0938. The molecule has 1 amide bonds. The number of carbonyl (C=O) groups excluding carboxylic acids is 1. The van der Waals surface area contributed by atoms with E-state index < -0.39 is 0 Å². The van der Waals surface area contributed by atoms with Crippen molar-refractivity contribution in [1.82, 2.24) is 15.3 Å². The van der Waals surface area contributed by atoms with Crippen molar-refractivity contribution in [3.05, 3.63) is 54.0 Å². The third-order valence-corrected chi connectivity index (χ3v) is 4.73. The molecular weight excluding hydrogens is 312 g/mol. The van der Waals surface area contributed by atoms with Crippen molar-refractivity contribution in [2.45, 2.75) is 51.1 Å². The Morgan fingerprint density at radius 1 is 1.12 bits per heavy atom. The molecule has 1 heterocycles. The van der Waals surface area contributed by atoms with Crippen molar-refractivity contribution in [2.24, 2.45) is 0 Å². The first-order valence-electron chi connectivity index (χ1n) is 9.10. The summed E-state index contributed by atoms with van der Waals surface area (Å²) < 4.78 is 0. The molecule has 1 N–H and O–H groups in total. The van der Waals surface area contributed by atoms with Gasteiger partial charge in [0.2, 0.25) is 0 Å². The molecule has 3 rings (SSSR count). The Balaban J connectivity index is 1.64. The Labute approximate surface area is 149 Å². The van der Waals surface area contributed by atoms with Crippen LogP contribution in [0.5, 0.6) is 0 Å². The first-order valence-corrected chi connectivity index (χ1v) is 9.10. The number of rotatable bonds is 5. The number of benzene rings is 1. The number of nitrogens with zero attached hydrogens (tertiary/aromatic N) is 3. The molecule has 1 saturated carbocycles. The van der Waals surface area contributed by atoms with Gasteiger partial charge >= 0.3 is 0 Å². The number of aromatic nitrogens is 2. The van der Waals surface area contributed by atoms with Gasteiger partial charge in [-0.3, -0.25) is 4.79 Å². The summed E-state index contributed by atoms with van der Waals surface area (Å²) in [6.07, 6.45) is 8.54. The maximum absolute atomic E-state index is 12.5. The van der Waals surface area contributed by atoms with Crippen molar-refractivity contribution in [1.29, 1.82) is 0 Å². The van der Waals surface area contributed by atoms with Crippen LogP contribution in [-0.2, 0) is 6.54 Å². The second kappa shape index (κ2) is 8.60. The second-order valence-electron chi connectivity index (χ2n) is 6.77. The van der Waals surface area contributed by atoms with Gasteiger partial charge in [0, 0.05) is 25.7 Å². The zero-order chi connectivity index (χ0) is 17.5. The topological polar surface area (TPSA) is 58.1 Å². The molecule has 1 aromatic heterocycles. The average Bonchev–Trinajstić information content (AvgIpc) is 2.91. The average molecular weight is 338 g/mol. The minimum absolute atomic E-state index is 0.0938. The fourth-order valence-corrected chi connectivity index (χ4v) is 3.30. The van der Waals surface area contributed by atoms with E-state index in [0.29, 0.717) is 5.69 Å². The zero-order valence-corrected chi connectivity index (χ0v) is 14.8. The van der Waals surface area contributed by atoms with E-state index in [-0.39, 0.29) is 11.9 Å². The first-order chi connectivity index (χ1) is 12.2. The summed E-state index contributed by atoms with van der Waals surface area (Å²) in [5.41, 5.74) is 1.64. The Bertz CT molecular complexity index is 681. The summed E-state index contributed by atoms with van der Waals surface area (Å²) in [5.74, 6) is 0.661. The van der Waals surface area contributed by atoms with Crippen LogP contribution >= 0.6 is 0 Å². The van der Waals surface area contributed by atoms with Gasteiger partial charge in [-0.05, 0) is 18.4 Å². The summed E-state index contributed by atoms with van der Waals surface area (Å²) in [6, 6.07) is 12.3. The van der Waals surface area contributed by atoms with E-state index in [9.17, 15) is 4.79 Å². The number of carbonyl (C=O) groups is 1. The molecule has 5 nitrogen and oxygen atoms in total. The molecule has 1 fully saturated rings. The number of hydrogen-bond donors (Lipinski definition) is 1. The molecule has 0 unspecified atom stereocenters. The second-order valence-corrected chi connectivity index (χ2v) is 6.77.